The Hall–Kier alpha value is -0.870. The first kappa shape index (κ1) is 16.5. The highest BCUT2D eigenvalue weighted by Gasteiger charge is 2.48. The number of carbonyl (C=O) groups excluding carboxylic acids is 1. The van der Waals surface area contributed by atoms with Gasteiger partial charge in [0.15, 0.2) is 0 Å². The summed E-state index contributed by atoms with van der Waals surface area (Å²) in [7, 11) is 0. The van der Waals surface area contributed by atoms with Gasteiger partial charge in [-0.1, -0.05) is 34.6 Å². The minimum Gasteiger partial charge on any atom is -0.321 e. The maximum absolute atomic E-state index is 12.9. The van der Waals surface area contributed by atoms with Crippen LogP contribution in [0.2, 0.25) is 0 Å². The largest absolute Gasteiger partial charge is 0.321 e. The number of rotatable bonds is 5. The summed E-state index contributed by atoms with van der Waals surface area (Å²) in [6.45, 7) is 13.8. The summed E-state index contributed by atoms with van der Waals surface area (Å²) in [6.07, 6.45) is 0.817. The van der Waals surface area contributed by atoms with Crippen molar-refractivity contribution in [2.75, 3.05) is 6.54 Å². The summed E-state index contributed by atoms with van der Waals surface area (Å²) in [5, 5.41) is 7.78. The number of nitrogens with one attached hydrogen (secondary N) is 1. The number of carbonyl (C=O) groups is 1. The van der Waals surface area contributed by atoms with Gasteiger partial charge < -0.3 is 4.90 Å². The molecule has 4 heteroatoms. The van der Waals surface area contributed by atoms with E-state index in [0.717, 1.165) is 13.0 Å². The predicted octanol–water partition coefficient (Wildman–Crippen LogP) is 4.03. The average Bonchev–Trinajstić information content (AvgIpc) is 3.01. The first-order valence-electron chi connectivity index (χ1n) is 7.82. The van der Waals surface area contributed by atoms with Gasteiger partial charge in [-0.3, -0.25) is 10.1 Å². The van der Waals surface area contributed by atoms with Crippen LogP contribution in [0.5, 0.6) is 0 Å². The van der Waals surface area contributed by atoms with Gasteiger partial charge in [0.25, 0.3) is 0 Å². The maximum atomic E-state index is 12.9. The molecule has 2 rings (SSSR count). The number of amides is 1. The third kappa shape index (κ3) is 3.02. The van der Waals surface area contributed by atoms with Crippen LogP contribution in [0.25, 0.3) is 0 Å². The molecule has 118 valence electrons. The van der Waals surface area contributed by atoms with Crippen molar-refractivity contribution in [2.24, 2.45) is 11.3 Å². The second-order valence-electron chi connectivity index (χ2n) is 7.37. The Morgan fingerprint density at radius 2 is 2.14 bits per heavy atom. The quantitative estimate of drug-likeness (QED) is 0.890. The molecule has 1 aliphatic heterocycles. The van der Waals surface area contributed by atoms with Gasteiger partial charge in [-0.25, -0.2) is 0 Å². The highest BCUT2D eigenvalue weighted by molar-refractivity contribution is 7.07. The molecule has 1 aromatic rings. The van der Waals surface area contributed by atoms with Crippen molar-refractivity contribution < 1.29 is 4.79 Å². The maximum Gasteiger partial charge on any atom is 0.244 e. The van der Waals surface area contributed by atoms with E-state index < -0.39 is 5.54 Å². The van der Waals surface area contributed by atoms with Crippen molar-refractivity contribution >= 4 is 17.2 Å². The summed E-state index contributed by atoms with van der Waals surface area (Å²) < 4.78 is 0. The zero-order chi connectivity index (χ0) is 15.8. The molecule has 1 aromatic heterocycles. The lowest BCUT2D eigenvalue weighted by Gasteiger charge is -2.36. The molecular weight excluding hydrogens is 280 g/mol. The topological polar surface area (TPSA) is 32.3 Å². The van der Waals surface area contributed by atoms with Gasteiger partial charge in [0.1, 0.15) is 6.17 Å². The van der Waals surface area contributed by atoms with Crippen molar-refractivity contribution in [3.63, 3.8) is 0 Å². The first-order chi connectivity index (χ1) is 9.71. The standard InChI is InChI=1S/C17H28N2OS/c1-7-17(6)15(20)19(11-16(4,5)12(2)3)14(18-17)13-8-9-21-10-13/h8-10,12,14,18H,7,11H2,1-6H3. The molecule has 0 spiro atoms. The Balaban J connectivity index is 2.32. The van der Waals surface area contributed by atoms with Gasteiger partial charge in [0.2, 0.25) is 5.91 Å². The first-order valence-corrected chi connectivity index (χ1v) is 8.76. The van der Waals surface area contributed by atoms with E-state index in [9.17, 15) is 4.79 Å². The lowest BCUT2D eigenvalue weighted by Crippen LogP contribution is -2.44. The molecule has 0 saturated carbocycles. The van der Waals surface area contributed by atoms with E-state index in [-0.39, 0.29) is 17.5 Å². The highest BCUT2D eigenvalue weighted by Crippen LogP contribution is 2.37. The normalized spacial score (nSPS) is 26.9. The summed E-state index contributed by atoms with van der Waals surface area (Å²) in [5.74, 6) is 0.761. The van der Waals surface area contributed by atoms with Gasteiger partial charge in [-0.2, -0.15) is 11.3 Å². The highest BCUT2D eigenvalue weighted by atomic mass is 32.1. The van der Waals surface area contributed by atoms with Crippen molar-refractivity contribution in [3.8, 4) is 0 Å². The minimum atomic E-state index is -0.445. The third-order valence-corrected chi connectivity index (χ3v) is 5.91. The van der Waals surface area contributed by atoms with Crippen molar-refractivity contribution in [3.05, 3.63) is 22.4 Å². The van der Waals surface area contributed by atoms with E-state index in [1.165, 1.54) is 5.56 Å². The lowest BCUT2D eigenvalue weighted by atomic mass is 9.80. The number of hydrogen-bond acceptors (Lipinski definition) is 3. The number of nitrogens with zero attached hydrogens (tertiary/aromatic N) is 1. The Bertz CT molecular complexity index is 495. The van der Waals surface area contributed by atoms with E-state index >= 15 is 0 Å². The molecule has 2 atom stereocenters. The number of hydrogen-bond donors (Lipinski definition) is 1. The molecule has 1 N–H and O–H groups in total. The summed E-state index contributed by atoms with van der Waals surface area (Å²) in [6, 6.07) is 2.12. The van der Waals surface area contributed by atoms with Gasteiger partial charge in [0.05, 0.1) is 5.54 Å². The molecule has 1 saturated heterocycles. The van der Waals surface area contributed by atoms with Crippen molar-refractivity contribution in [2.45, 2.75) is 59.7 Å². The SMILES string of the molecule is CCC1(C)NC(c2ccsc2)N(CC(C)(C)C(C)C)C1=O. The van der Waals surface area contributed by atoms with Gasteiger partial charge in [-0.05, 0) is 47.1 Å². The minimum absolute atomic E-state index is 0.00623. The molecular formula is C17H28N2OS. The Morgan fingerprint density at radius 1 is 1.48 bits per heavy atom. The van der Waals surface area contributed by atoms with Crippen LogP contribution in [0.4, 0.5) is 0 Å². The van der Waals surface area contributed by atoms with Crippen LogP contribution in [0.1, 0.15) is 59.7 Å². The Labute approximate surface area is 132 Å². The Morgan fingerprint density at radius 3 is 2.62 bits per heavy atom. The summed E-state index contributed by atoms with van der Waals surface area (Å²) in [5.41, 5.74) is 0.856. The van der Waals surface area contributed by atoms with Gasteiger partial charge in [0, 0.05) is 6.54 Å². The van der Waals surface area contributed by atoms with Crippen molar-refractivity contribution in [1.29, 1.82) is 0 Å². The van der Waals surface area contributed by atoms with Crippen molar-refractivity contribution in [1.82, 2.24) is 10.2 Å². The molecule has 21 heavy (non-hydrogen) atoms. The number of thiophene rings is 1. The molecule has 2 heterocycles. The van der Waals surface area contributed by atoms with Crippen LogP contribution in [0, 0.1) is 11.3 Å². The van der Waals surface area contributed by atoms with Crippen LogP contribution in [0.3, 0.4) is 0 Å². The van der Waals surface area contributed by atoms with E-state index in [0.29, 0.717) is 5.92 Å². The molecule has 0 bridgehead atoms. The molecule has 1 aliphatic rings. The van der Waals surface area contributed by atoms with Crippen LogP contribution in [0.15, 0.2) is 16.8 Å². The molecule has 0 radical (unpaired) electrons. The molecule has 1 fully saturated rings. The van der Waals surface area contributed by atoms with E-state index in [1.54, 1.807) is 11.3 Å². The fourth-order valence-electron chi connectivity index (χ4n) is 2.61. The predicted molar refractivity (Wildman–Crippen MR) is 89.2 cm³/mol. The molecule has 0 aromatic carbocycles. The van der Waals surface area contributed by atoms with Crippen LogP contribution >= 0.6 is 11.3 Å². The second-order valence-corrected chi connectivity index (χ2v) is 8.15. The fraction of sp³-hybridized carbons (Fsp3) is 0.706. The van der Waals surface area contributed by atoms with E-state index in [1.807, 2.05) is 11.8 Å². The fourth-order valence-corrected chi connectivity index (χ4v) is 3.29. The van der Waals surface area contributed by atoms with E-state index in [4.69, 9.17) is 0 Å². The zero-order valence-electron chi connectivity index (χ0n) is 14.1. The summed E-state index contributed by atoms with van der Waals surface area (Å²) >= 11 is 1.68. The lowest BCUT2D eigenvalue weighted by molar-refractivity contribution is -0.134. The molecule has 3 nitrogen and oxygen atoms in total. The van der Waals surface area contributed by atoms with Crippen LogP contribution in [-0.4, -0.2) is 22.9 Å². The molecule has 2 unspecified atom stereocenters. The van der Waals surface area contributed by atoms with Gasteiger partial charge >= 0.3 is 0 Å². The van der Waals surface area contributed by atoms with Gasteiger partial charge in [-0.15, -0.1) is 0 Å². The average molecular weight is 308 g/mol. The van der Waals surface area contributed by atoms with Crippen LogP contribution in [-0.2, 0) is 4.79 Å². The molecule has 1 amide bonds. The Kier molecular flexibility index (Phi) is 4.50. The van der Waals surface area contributed by atoms with E-state index in [2.05, 4.69) is 56.8 Å². The molecule has 0 aliphatic carbocycles. The third-order valence-electron chi connectivity index (χ3n) is 5.21. The zero-order valence-corrected chi connectivity index (χ0v) is 14.9. The smallest absolute Gasteiger partial charge is 0.244 e. The van der Waals surface area contributed by atoms with Crippen LogP contribution < -0.4 is 5.32 Å². The second kappa shape index (κ2) is 5.73. The monoisotopic (exact) mass is 308 g/mol. The summed E-state index contributed by atoms with van der Waals surface area (Å²) in [4.78, 5) is 15.0.